The number of carbonyl (C=O) groups is 1. The Kier molecular flexibility index (Phi) is 4.44. The van der Waals surface area contributed by atoms with E-state index in [4.69, 9.17) is 0 Å². The summed E-state index contributed by atoms with van der Waals surface area (Å²) in [6, 6.07) is 7.57. The highest BCUT2D eigenvalue weighted by Gasteiger charge is 2.34. The number of carbonyl (C=O) groups excluding carboxylic acids is 1. The minimum absolute atomic E-state index is 0.157. The molecule has 1 atom stereocenters. The third-order valence-electron chi connectivity index (χ3n) is 4.50. The van der Waals surface area contributed by atoms with Crippen LogP contribution in [0.25, 0.3) is 0 Å². The quantitative estimate of drug-likeness (QED) is 0.870. The number of amides is 1. The molecule has 1 aromatic rings. The molecule has 3 rings (SSSR count). The van der Waals surface area contributed by atoms with Crippen molar-refractivity contribution >= 4 is 5.91 Å². The Labute approximate surface area is 126 Å². The van der Waals surface area contributed by atoms with E-state index in [1.807, 2.05) is 12.1 Å². The Hall–Kier alpha value is -1.55. The summed E-state index contributed by atoms with van der Waals surface area (Å²) in [5.41, 5.74) is 0.731. The Morgan fingerprint density at radius 1 is 1.29 bits per heavy atom. The molecule has 0 spiro atoms. The van der Waals surface area contributed by atoms with Crippen LogP contribution < -0.4 is 5.32 Å². The molecule has 0 aromatic heterocycles. The van der Waals surface area contributed by atoms with Gasteiger partial charge in [-0.15, -0.1) is 0 Å². The standard InChI is InChI=1S/C17H24N2O2/c20-16-6-2-1-5-14(16)10-17(21)19(15-7-8-15)12-13-4-3-9-18-11-13/h1-2,5-6,13,15,18,20H,3-4,7-12H2. The first kappa shape index (κ1) is 14.4. The second-order valence-corrected chi connectivity index (χ2v) is 6.30. The smallest absolute Gasteiger partial charge is 0.227 e. The fourth-order valence-electron chi connectivity index (χ4n) is 3.12. The van der Waals surface area contributed by atoms with Crippen LogP contribution in [-0.4, -0.2) is 41.6 Å². The summed E-state index contributed by atoms with van der Waals surface area (Å²) in [5.74, 6) is 0.957. The molecule has 4 nitrogen and oxygen atoms in total. The van der Waals surface area contributed by atoms with Gasteiger partial charge < -0.3 is 15.3 Å². The monoisotopic (exact) mass is 288 g/mol. The van der Waals surface area contributed by atoms with Crippen molar-refractivity contribution in [2.45, 2.75) is 38.1 Å². The lowest BCUT2D eigenvalue weighted by Crippen LogP contribution is -2.42. The molecule has 1 unspecified atom stereocenters. The highest BCUT2D eigenvalue weighted by Crippen LogP contribution is 2.30. The fourth-order valence-corrected chi connectivity index (χ4v) is 3.12. The van der Waals surface area contributed by atoms with Crippen molar-refractivity contribution in [1.82, 2.24) is 10.2 Å². The Morgan fingerprint density at radius 2 is 2.10 bits per heavy atom. The van der Waals surface area contributed by atoms with E-state index in [-0.39, 0.29) is 11.7 Å². The van der Waals surface area contributed by atoms with Crippen LogP contribution >= 0.6 is 0 Å². The first-order valence-electron chi connectivity index (χ1n) is 8.01. The van der Waals surface area contributed by atoms with Gasteiger partial charge in [-0.3, -0.25) is 4.79 Å². The SMILES string of the molecule is O=C(Cc1ccccc1O)N(CC1CCCNC1)C1CC1. The summed E-state index contributed by atoms with van der Waals surface area (Å²) in [4.78, 5) is 14.7. The molecule has 21 heavy (non-hydrogen) atoms. The maximum Gasteiger partial charge on any atom is 0.227 e. The van der Waals surface area contributed by atoms with Gasteiger partial charge in [0.15, 0.2) is 0 Å². The largest absolute Gasteiger partial charge is 0.508 e. The van der Waals surface area contributed by atoms with E-state index >= 15 is 0 Å². The van der Waals surface area contributed by atoms with Gasteiger partial charge >= 0.3 is 0 Å². The number of nitrogens with one attached hydrogen (secondary N) is 1. The van der Waals surface area contributed by atoms with Crippen LogP contribution in [-0.2, 0) is 11.2 Å². The lowest BCUT2D eigenvalue weighted by atomic mass is 9.98. The van der Waals surface area contributed by atoms with Gasteiger partial charge in [0.25, 0.3) is 0 Å². The van der Waals surface area contributed by atoms with Crippen LogP contribution in [0.5, 0.6) is 5.75 Å². The molecular formula is C17H24N2O2. The average Bonchev–Trinajstić information content (AvgIpc) is 3.33. The maximum absolute atomic E-state index is 12.6. The first-order chi connectivity index (χ1) is 10.2. The van der Waals surface area contributed by atoms with Gasteiger partial charge in [0, 0.05) is 18.2 Å². The maximum atomic E-state index is 12.6. The highest BCUT2D eigenvalue weighted by atomic mass is 16.3. The minimum atomic E-state index is 0.157. The Bertz CT molecular complexity index is 493. The number of hydrogen-bond donors (Lipinski definition) is 2. The number of phenols is 1. The van der Waals surface area contributed by atoms with Gasteiger partial charge in [-0.2, -0.15) is 0 Å². The van der Waals surface area contributed by atoms with Gasteiger partial charge in [-0.05, 0) is 50.8 Å². The van der Waals surface area contributed by atoms with E-state index in [1.54, 1.807) is 12.1 Å². The molecule has 1 saturated carbocycles. The number of aromatic hydroxyl groups is 1. The van der Waals surface area contributed by atoms with Crippen molar-refractivity contribution in [2.24, 2.45) is 5.92 Å². The molecule has 1 saturated heterocycles. The van der Waals surface area contributed by atoms with Crippen molar-refractivity contribution in [2.75, 3.05) is 19.6 Å². The fraction of sp³-hybridized carbons (Fsp3) is 0.588. The molecule has 1 amide bonds. The number of phenolic OH excluding ortho intramolecular Hbond substituents is 1. The first-order valence-corrected chi connectivity index (χ1v) is 8.01. The number of piperidine rings is 1. The summed E-state index contributed by atoms with van der Waals surface area (Å²) >= 11 is 0. The number of hydrogen-bond acceptors (Lipinski definition) is 3. The molecule has 0 radical (unpaired) electrons. The van der Waals surface area contributed by atoms with Gasteiger partial charge in [0.05, 0.1) is 6.42 Å². The second kappa shape index (κ2) is 6.48. The highest BCUT2D eigenvalue weighted by molar-refractivity contribution is 5.80. The predicted octanol–water partition coefficient (Wildman–Crippen LogP) is 1.93. The van der Waals surface area contributed by atoms with Crippen molar-refractivity contribution < 1.29 is 9.90 Å². The molecular weight excluding hydrogens is 264 g/mol. The molecule has 2 N–H and O–H groups in total. The Balaban J connectivity index is 1.63. The van der Waals surface area contributed by atoms with E-state index < -0.39 is 0 Å². The number of rotatable bonds is 5. The van der Waals surface area contributed by atoms with Crippen molar-refractivity contribution in [1.29, 1.82) is 0 Å². The number of para-hydroxylation sites is 1. The van der Waals surface area contributed by atoms with Crippen molar-refractivity contribution in [3.8, 4) is 5.75 Å². The van der Waals surface area contributed by atoms with Crippen LogP contribution in [0.4, 0.5) is 0 Å². The van der Waals surface area contributed by atoms with E-state index in [0.717, 1.165) is 38.0 Å². The van der Waals surface area contributed by atoms with E-state index in [9.17, 15) is 9.90 Å². The molecule has 2 fully saturated rings. The molecule has 2 aliphatic rings. The minimum Gasteiger partial charge on any atom is -0.508 e. The molecule has 4 heteroatoms. The Morgan fingerprint density at radius 3 is 2.76 bits per heavy atom. The second-order valence-electron chi connectivity index (χ2n) is 6.30. The summed E-state index contributed by atoms with van der Waals surface area (Å²) in [6.07, 6.45) is 4.99. The van der Waals surface area contributed by atoms with Crippen LogP contribution in [0.2, 0.25) is 0 Å². The molecule has 1 aliphatic carbocycles. The topological polar surface area (TPSA) is 52.6 Å². The van der Waals surface area contributed by atoms with Gasteiger partial charge in [0.2, 0.25) is 5.91 Å². The van der Waals surface area contributed by atoms with Gasteiger partial charge in [0.1, 0.15) is 5.75 Å². The number of benzene rings is 1. The predicted molar refractivity (Wildman–Crippen MR) is 82.1 cm³/mol. The lowest BCUT2D eigenvalue weighted by Gasteiger charge is -2.30. The lowest BCUT2D eigenvalue weighted by molar-refractivity contribution is -0.131. The molecule has 0 bridgehead atoms. The van der Waals surface area contributed by atoms with Crippen LogP contribution in [0.15, 0.2) is 24.3 Å². The molecule has 1 aromatic carbocycles. The zero-order valence-corrected chi connectivity index (χ0v) is 12.4. The van der Waals surface area contributed by atoms with Gasteiger partial charge in [-0.25, -0.2) is 0 Å². The summed E-state index contributed by atoms with van der Waals surface area (Å²) in [6.45, 7) is 2.99. The summed E-state index contributed by atoms with van der Waals surface area (Å²) < 4.78 is 0. The van der Waals surface area contributed by atoms with E-state index in [2.05, 4.69) is 10.2 Å². The third kappa shape index (κ3) is 3.76. The third-order valence-corrected chi connectivity index (χ3v) is 4.50. The zero-order chi connectivity index (χ0) is 14.7. The van der Waals surface area contributed by atoms with E-state index in [1.165, 1.54) is 12.8 Å². The summed E-state index contributed by atoms with van der Waals surface area (Å²) in [5, 5.41) is 13.3. The summed E-state index contributed by atoms with van der Waals surface area (Å²) in [7, 11) is 0. The normalized spacial score (nSPS) is 22.0. The van der Waals surface area contributed by atoms with Crippen LogP contribution in [0.3, 0.4) is 0 Å². The molecule has 114 valence electrons. The molecule has 1 aliphatic heterocycles. The average molecular weight is 288 g/mol. The van der Waals surface area contributed by atoms with E-state index in [0.29, 0.717) is 18.4 Å². The number of nitrogens with zero attached hydrogens (tertiary/aromatic N) is 1. The molecule has 1 heterocycles. The van der Waals surface area contributed by atoms with Crippen LogP contribution in [0.1, 0.15) is 31.2 Å². The van der Waals surface area contributed by atoms with Crippen molar-refractivity contribution in [3.63, 3.8) is 0 Å². The zero-order valence-electron chi connectivity index (χ0n) is 12.4. The van der Waals surface area contributed by atoms with Crippen LogP contribution in [0, 0.1) is 5.92 Å². The van der Waals surface area contributed by atoms with Gasteiger partial charge in [-0.1, -0.05) is 18.2 Å². The van der Waals surface area contributed by atoms with Crippen molar-refractivity contribution in [3.05, 3.63) is 29.8 Å².